The molecule has 0 unspecified atom stereocenters. The van der Waals surface area contributed by atoms with Crippen molar-refractivity contribution in [3.8, 4) is 17.2 Å². The average Bonchev–Trinajstić information content (AvgIpc) is 2.88. The molecular weight excluding hydrogens is 237 g/mol. The first-order valence-electron chi connectivity index (χ1n) is 6.18. The molecule has 2 aliphatic heterocycles. The molecule has 0 spiro atoms. The van der Waals surface area contributed by atoms with Crippen molar-refractivity contribution >= 4 is 0 Å². The van der Waals surface area contributed by atoms with Gasteiger partial charge in [-0.15, -0.1) is 0 Å². The minimum absolute atomic E-state index is 0.0745. The van der Waals surface area contributed by atoms with Gasteiger partial charge in [-0.1, -0.05) is 0 Å². The highest BCUT2D eigenvalue weighted by Gasteiger charge is 2.29. The van der Waals surface area contributed by atoms with E-state index in [9.17, 15) is 4.39 Å². The molecule has 3 rings (SSSR count). The monoisotopic (exact) mass is 253 g/mol. The minimum atomic E-state index is -0.443. The predicted molar refractivity (Wildman–Crippen MR) is 63.9 cm³/mol. The summed E-state index contributed by atoms with van der Waals surface area (Å²) in [6.07, 6.45) is 1.96. The maximum atomic E-state index is 14.2. The van der Waals surface area contributed by atoms with Crippen molar-refractivity contribution in [3.05, 3.63) is 17.4 Å². The molecule has 2 heterocycles. The summed E-state index contributed by atoms with van der Waals surface area (Å²) >= 11 is 0. The quantitative estimate of drug-likeness (QED) is 0.875. The summed E-state index contributed by atoms with van der Waals surface area (Å²) < 4.78 is 29.9. The Morgan fingerprint density at radius 2 is 2.11 bits per heavy atom. The third kappa shape index (κ3) is 1.79. The van der Waals surface area contributed by atoms with Crippen molar-refractivity contribution in [2.45, 2.75) is 18.8 Å². The van der Waals surface area contributed by atoms with Crippen molar-refractivity contribution in [3.63, 3.8) is 0 Å². The first-order chi connectivity index (χ1) is 8.81. The van der Waals surface area contributed by atoms with Gasteiger partial charge in [-0.05, 0) is 37.9 Å². The Balaban J connectivity index is 2.04. The zero-order valence-electron chi connectivity index (χ0n) is 10.3. The van der Waals surface area contributed by atoms with Gasteiger partial charge in [-0.2, -0.15) is 4.39 Å². The van der Waals surface area contributed by atoms with E-state index in [4.69, 9.17) is 14.2 Å². The standard InChI is InChI=1S/C13H16FNO3/c1-16-12-9(8-2-4-15-5-3-8)6-10-13(11(12)14)18-7-17-10/h6,8,15H,2-5,7H2,1H3. The third-order valence-electron chi connectivity index (χ3n) is 3.57. The number of fused-ring (bicyclic) bond motifs is 1. The Bertz CT molecular complexity index is 458. The molecule has 0 aliphatic carbocycles. The molecule has 0 bridgehead atoms. The van der Waals surface area contributed by atoms with Gasteiger partial charge in [0.1, 0.15) is 0 Å². The smallest absolute Gasteiger partial charge is 0.231 e. The molecule has 5 heteroatoms. The number of hydrogen-bond donors (Lipinski definition) is 1. The van der Waals surface area contributed by atoms with Crippen LogP contribution < -0.4 is 19.5 Å². The second-order valence-electron chi connectivity index (χ2n) is 4.57. The number of halogens is 1. The molecule has 0 saturated carbocycles. The fourth-order valence-electron chi connectivity index (χ4n) is 2.65. The van der Waals surface area contributed by atoms with Gasteiger partial charge in [-0.25, -0.2) is 0 Å². The molecule has 1 saturated heterocycles. The van der Waals surface area contributed by atoms with Crippen LogP contribution in [-0.4, -0.2) is 27.0 Å². The Morgan fingerprint density at radius 1 is 1.33 bits per heavy atom. The number of benzene rings is 1. The molecule has 0 radical (unpaired) electrons. The second-order valence-corrected chi connectivity index (χ2v) is 4.57. The SMILES string of the molecule is COc1c(C2CCNCC2)cc2c(c1F)OCO2. The Kier molecular flexibility index (Phi) is 2.99. The highest BCUT2D eigenvalue weighted by atomic mass is 19.1. The minimum Gasteiger partial charge on any atom is -0.493 e. The second kappa shape index (κ2) is 4.65. The lowest BCUT2D eigenvalue weighted by atomic mass is 9.89. The van der Waals surface area contributed by atoms with Gasteiger partial charge in [0.05, 0.1) is 7.11 Å². The van der Waals surface area contributed by atoms with Crippen LogP contribution in [0.15, 0.2) is 6.07 Å². The fraction of sp³-hybridized carbons (Fsp3) is 0.538. The van der Waals surface area contributed by atoms with Gasteiger partial charge < -0.3 is 19.5 Å². The molecule has 1 aromatic rings. The summed E-state index contributed by atoms with van der Waals surface area (Å²) in [5.41, 5.74) is 0.890. The van der Waals surface area contributed by atoms with E-state index >= 15 is 0 Å². The van der Waals surface area contributed by atoms with Gasteiger partial charge in [0.15, 0.2) is 11.5 Å². The van der Waals surface area contributed by atoms with Crippen molar-refractivity contribution in [2.24, 2.45) is 0 Å². The summed E-state index contributed by atoms with van der Waals surface area (Å²) in [6.45, 7) is 1.97. The molecule has 1 N–H and O–H groups in total. The number of methoxy groups -OCH3 is 1. The Morgan fingerprint density at radius 3 is 2.83 bits per heavy atom. The van der Waals surface area contributed by atoms with E-state index < -0.39 is 5.82 Å². The maximum absolute atomic E-state index is 14.2. The lowest BCUT2D eigenvalue weighted by Gasteiger charge is -2.25. The van der Waals surface area contributed by atoms with Gasteiger partial charge >= 0.3 is 0 Å². The summed E-state index contributed by atoms with van der Waals surface area (Å²) in [5.74, 6) is 0.823. The van der Waals surface area contributed by atoms with E-state index in [1.165, 1.54) is 7.11 Å². The third-order valence-corrected chi connectivity index (χ3v) is 3.57. The highest BCUT2D eigenvalue weighted by molar-refractivity contribution is 5.54. The summed E-state index contributed by atoms with van der Waals surface area (Å²) in [4.78, 5) is 0. The van der Waals surface area contributed by atoms with Crippen LogP contribution in [0.5, 0.6) is 17.2 Å². The lowest BCUT2D eigenvalue weighted by molar-refractivity contribution is 0.170. The van der Waals surface area contributed by atoms with Crippen molar-refractivity contribution in [1.82, 2.24) is 5.32 Å². The molecule has 0 aromatic heterocycles. The van der Waals surface area contributed by atoms with E-state index in [2.05, 4.69) is 5.32 Å². The van der Waals surface area contributed by atoms with E-state index in [0.717, 1.165) is 31.5 Å². The van der Waals surface area contributed by atoms with Crippen LogP contribution in [0.25, 0.3) is 0 Å². The number of rotatable bonds is 2. The molecule has 2 aliphatic rings. The zero-order chi connectivity index (χ0) is 12.5. The molecule has 18 heavy (non-hydrogen) atoms. The van der Waals surface area contributed by atoms with Gasteiger partial charge in [0.2, 0.25) is 18.4 Å². The first kappa shape index (κ1) is 11.6. The molecular formula is C13H16FNO3. The molecule has 1 aromatic carbocycles. The number of hydrogen-bond acceptors (Lipinski definition) is 4. The molecule has 0 amide bonds. The molecule has 98 valence electrons. The number of nitrogens with one attached hydrogen (secondary N) is 1. The largest absolute Gasteiger partial charge is 0.493 e. The predicted octanol–water partition coefficient (Wildman–Crippen LogP) is 2.03. The van der Waals surface area contributed by atoms with Crippen molar-refractivity contribution < 1.29 is 18.6 Å². The van der Waals surface area contributed by atoms with Crippen molar-refractivity contribution in [1.29, 1.82) is 0 Å². The van der Waals surface area contributed by atoms with E-state index in [1.807, 2.05) is 6.07 Å². The van der Waals surface area contributed by atoms with E-state index in [-0.39, 0.29) is 12.5 Å². The molecule has 4 nitrogen and oxygen atoms in total. The zero-order valence-corrected chi connectivity index (χ0v) is 10.3. The number of ether oxygens (including phenoxy) is 3. The fourth-order valence-corrected chi connectivity index (χ4v) is 2.65. The normalized spacial score (nSPS) is 19.0. The summed E-state index contributed by atoms with van der Waals surface area (Å²) in [5, 5.41) is 3.30. The van der Waals surface area contributed by atoms with Crippen LogP contribution in [0.2, 0.25) is 0 Å². The van der Waals surface area contributed by atoms with Crippen LogP contribution in [0.1, 0.15) is 24.3 Å². The topological polar surface area (TPSA) is 39.7 Å². The Hall–Kier alpha value is -1.49. The van der Waals surface area contributed by atoms with E-state index in [1.54, 1.807) is 0 Å². The average molecular weight is 253 g/mol. The van der Waals surface area contributed by atoms with Crippen LogP contribution >= 0.6 is 0 Å². The van der Waals surface area contributed by atoms with Crippen LogP contribution in [-0.2, 0) is 0 Å². The Labute approximate surface area is 105 Å². The summed E-state index contributed by atoms with van der Waals surface area (Å²) in [7, 11) is 1.49. The van der Waals surface area contributed by atoms with Crippen molar-refractivity contribution in [2.75, 3.05) is 27.0 Å². The number of piperidine rings is 1. The molecule has 0 atom stereocenters. The van der Waals surface area contributed by atoms with Gasteiger partial charge in [-0.3, -0.25) is 0 Å². The van der Waals surface area contributed by atoms with E-state index in [0.29, 0.717) is 17.4 Å². The van der Waals surface area contributed by atoms with Crippen LogP contribution in [0.3, 0.4) is 0 Å². The van der Waals surface area contributed by atoms with Crippen LogP contribution in [0, 0.1) is 5.82 Å². The van der Waals surface area contributed by atoms with Gasteiger partial charge in [0, 0.05) is 5.56 Å². The summed E-state index contributed by atoms with van der Waals surface area (Å²) in [6, 6.07) is 1.86. The highest BCUT2D eigenvalue weighted by Crippen LogP contribution is 2.45. The lowest BCUT2D eigenvalue weighted by Crippen LogP contribution is -2.26. The maximum Gasteiger partial charge on any atom is 0.231 e. The first-order valence-corrected chi connectivity index (χ1v) is 6.18. The van der Waals surface area contributed by atoms with Crippen LogP contribution in [0.4, 0.5) is 4.39 Å². The molecule has 1 fully saturated rings. The van der Waals surface area contributed by atoms with Gasteiger partial charge in [0.25, 0.3) is 0 Å².